The Morgan fingerprint density at radius 1 is 1.53 bits per heavy atom. The van der Waals surface area contributed by atoms with Gasteiger partial charge in [0.2, 0.25) is 0 Å². The largest absolute Gasteiger partial charge is 0.377 e. The Balaban J connectivity index is 2.86. The lowest BCUT2D eigenvalue weighted by molar-refractivity contribution is -0.384. The van der Waals surface area contributed by atoms with Crippen LogP contribution in [0.5, 0.6) is 0 Å². The zero-order chi connectivity index (χ0) is 14.4. The average Bonchev–Trinajstić information content (AvgIpc) is 2.35. The molecule has 1 aromatic carbocycles. The van der Waals surface area contributed by atoms with Crippen molar-refractivity contribution >= 4 is 11.4 Å². The molecule has 0 amide bonds. The lowest BCUT2D eigenvalue weighted by Gasteiger charge is -2.17. The predicted octanol–water partition coefficient (Wildman–Crippen LogP) is 2.22. The van der Waals surface area contributed by atoms with Crippen molar-refractivity contribution in [2.45, 2.75) is 19.4 Å². The molecule has 0 aromatic heterocycles. The van der Waals surface area contributed by atoms with Crippen LogP contribution in [0.1, 0.15) is 18.9 Å². The summed E-state index contributed by atoms with van der Waals surface area (Å²) < 4.78 is 0. The van der Waals surface area contributed by atoms with Gasteiger partial charge in [0.05, 0.1) is 16.6 Å². The molecule has 0 spiro atoms. The van der Waals surface area contributed by atoms with Gasteiger partial charge < -0.3 is 10.2 Å². The summed E-state index contributed by atoms with van der Waals surface area (Å²) in [6.07, 6.45) is 0.862. The number of nitro benzene ring substituents is 1. The molecule has 0 heterocycles. The van der Waals surface area contributed by atoms with E-state index >= 15 is 0 Å². The van der Waals surface area contributed by atoms with E-state index in [0.717, 1.165) is 13.0 Å². The smallest absolute Gasteiger partial charge is 0.292 e. The number of rotatable bonds is 6. The highest BCUT2D eigenvalue weighted by atomic mass is 16.6. The molecule has 1 rings (SSSR count). The summed E-state index contributed by atoms with van der Waals surface area (Å²) in [5.41, 5.74) is 0.805. The fourth-order valence-electron chi connectivity index (χ4n) is 1.67. The van der Waals surface area contributed by atoms with Crippen molar-refractivity contribution < 1.29 is 4.92 Å². The maximum Gasteiger partial charge on any atom is 0.292 e. The average molecular weight is 262 g/mol. The number of nitriles is 1. The predicted molar refractivity (Wildman–Crippen MR) is 74.1 cm³/mol. The fourth-order valence-corrected chi connectivity index (χ4v) is 1.67. The lowest BCUT2D eigenvalue weighted by atomic mass is 10.1. The molecule has 6 heteroatoms. The third-order valence-corrected chi connectivity index (χ3v) is 2.73. The fraction of sp³-hybridized carbons (Fsp3) is 0.462. The lowest BCUT2D eigenvalue weighted by Crippen LogP contribution is -2.23. The summed E-state index contributed by atoms with van der Waals surface area (Å²) in [5, 5.41) is 22.9. The molecule has 0 aliphatic heterocycles. The van der Waals surface area contributed by atoms with Crippen LogP contribution in [0.15, 0.2) is 18.2 Å². The monoisotopic (exact) mass is 262 g/mol. The normalized spacial score (nSPS) is 11.9. The van der Waals surface area contributed by atoms with Crippen LogP contribution < -0.4 is 5.32 Å². The molecule has 0 fully saturated rings. The Morgan fingerprint density at radius 3 is 2.74 bits per heavy atom. The molecule has 0 radical (unpaired) electrons. The van der Waals surface area contributed by atoms with Crippen molar-refractivity contribution in [3.05, 3.63) is 33.9 Å². The van der Waals surface area contributed by atoms with Crippen LogP contribution in [-0.2, 0) is 0 Å². The van der Waals surface area contributed by atoms with Crippen LogP contribution in [0.3, 0.4) is 0 Å². The molecule has 0 aliphatic carbocycles. The Bertz CT molecular complexity index is 494. The van der Waals surface area contributed by atoms with Gasteiger partial charge in [-0.05, 0) is 46.1 Å². The quantitative estimate of drug-likeness (QED) is 0.628. The van der Waals surface area contributed by atoms with E-state index in [-0.39, 0.29) is 11.7 Å². The van der Waals surface area contributed by atoms with E-state index < -0.39 is 4.92 Å². The van der Waals surface area contributed by atoms with Crippen LogP contribution in [0.4, 0.5) is 11.4 Å². The van der Waals surface area contributed by atoms with E-state index in [1.807, 2.05) is 27.1 Å². The van der Waals surface area contributed by atoms with Gasteiger partial charge in [-0.15, -0.1) is 0 Å². The summed E-state index contributed by atoms with van der Waals surface area (Å²) >= 11 is 0. The minimum atomic E-state index is -0.442. The molecule has 0 bridgehead atoms. The Kier molecular flexibility index (Phi) is 5.27. The molecule has 0 saturated heterocycles. The van der Waals surface area contributed by atoms with Crippen LogP contribution in [0.2, 0.25) is 0 Å². The maximum atomic E-state index is 10.9. The van der Waals surface area contributed by atoms with Crippen molar-refractivity contribution in [3.8, 4) is 6.07 Å². The summed E-state index contributed by atoms with van der Waals surface area (Å²) in [6, 6.07) is 6.41. The second kappa shape index (κ2) is 6.71. The van der Waals surface area contributed by atoms with E-state index in [1.54, 1.807) is 0 Å². The van der Waals surface area contributed by atoms with Gasteiger partial charge in [-0.1, -0.05) is 0 Å². The first-order valence-electron chi connectivity index (χ1n) is 6.04. The second-order valence-electron chi connectivity index (χ2n) is 4.74. The van der Waals surface area contributed by atoms with Crippen molar-refractivity contribution in [3.63, 3.8) is 0 Å². The molecule has 1 atom stereocenters. The highest BCUT2D eigenvalue weighted by molar-refractivity contribution is 5.64. The highest BCUT2D eigenvalue weighted by Crippen LogP contribution is 2.26. The molecule has 102 valence electrons. The molecule has 19 heavy (non-hydrogen) atoms. The number of anilines is 1. The van der Waals surface area contributed by atoms with Gasteiger partial charge in [-0.2, -0.15) is 5.26 Å². The molecule has 0 saturated carbocycles. The number of hydrogen-bond donors (Lipinski definition) is 1. The third-order valence-electron chi connectivity index (χ3n) is 2.73. The van der Waals surface area contributed by atoms with Gasteiger partial charge in [-0.25, -0.2) is 0 Å². The van der Waals surface area contributed by atoms with E-state index in [4.69, 9.17) is 5.26 Å². The molecule has 1 N–H and O–H groups in total. The van der Waals surface area contributed by atoms with Crippen molar-refractivity contribution in [1.82, 2.24) is 4.90 Å². The molecular weight excluding hydrogens is 244 g/mol. The summed E-state index contributed by atoms with van der Waals surface area (Å²) in [7, 11) is 3.96. The van der Waals surface area contributed by atoms with E-state index in [0.29, 0.717) is 11.3 Å². The first-order valence-corrected chi connectivity index (χ1v) is 6.04. The molecule has 6 nitrogen and oxygen atoms in total. The molecule has 1 aromatic rings. The number of nitrogens with one attached hydrogen (secondary N) is 1. The summed E-state index contributed by atoms with van der Waals surface area (Å²) in [6.45, 7) is 2.85. The Hall–Kier alpha value is -2.13. The van der Waals surface area contributed by atoms with Crippen LogP contribution in [-0.4, -0.2) is 36.5 Å². The Morgan fingerprint density at radius 2 is 2.21 bits per heavy atom. The van der Waals surface area contributed by atoms with Crippen molar-refractivity contribution in [2.24, 2.45) is 0 Å². The second-order valence-corrected chi connectivity index (χ2v) is 4.74. The standard InChI is InChI=1S/C13H18N4O2/c1-10(6-7-16(2)3)15-12-8-11(9-14)4-5-13(12)17(18)19/h4-5,8,10,15H,6-7H2,1-3H3. The number of nitrogens with zero attached hydrogens (tertiary/aromatic N) is 3. The van der Waals surface area contributed by atoms with Crippen LogP contribution in [0.25, 0.3) is 0 Å². The van der Waals surface area contributed by atoms with Gasteiger partial charge in [0.25, 0.3) is 5.69 Å². The molecule has 0 aliphatic rings. The van der Waals surface area contributed by atoms with Gasteiger partial charge >= 0.3 is 0 Å². The number of hydrogen-bond acceptors (Lipinski definition) is 5. The van der Waals surface area contributed by atoms with Gasteiger partial charge in [-0.3, -0.25) is 10.1 Å². The van der Waals surface area contributed by atoms with Gasteiger partial charge in [0.1, 0.15) is 5.69 Å². The minimum Gasteiger partial charge on any atom is -0.377 e. The first-order chi connectivity index (χ1) is 8.93. The minimum absolute atomic E-state index is 0.00398. The van der Waals surface area contributed by atoms with E-state index in [1.165, 1.54) is 18.2 Å². The molecular formula is C13H18N4O2. The van der Waals surface area contributed by atoms with E-state index in [9.17, 15) is 10.1 Å². The maximum absolute atomic E-state index is 10.9. The van der Waals surface area contributed by atoms with Crippen LogP contribution >= 0.6 is 0 Å². The van der Waals surface area contributed by atoms with E-state index in [2.05, 4.69) is 10.2 Å². The number of benzene rings is 1. The third kappa shape index (κ3) is 4.56. The van der Waals surface area contributed by atoms with Crippen LogP contribution in [0, 0.1) is 21.4 Å². The molecule has 1 unspecified atom stereocenters. The van der Waals surface area contributed by atoms with Crippen molar-refractivity contribution in [1.29, 1.82) is 5.26 Å². The number of nitro groups is 1. The zero-order valence-corrected chi connectivity index (χ0v) is 11.4. The summed E-state index contributed by atoms with van der Waals surface area (Å²) in [4.78, 5) is 12.6. The SMILES string of the molecule is CC(CCN(C)C)Nc1cc(C#N)ccc1[N+](=O)[O-]. The van der Waals surface area contributed by atoms with Gasteiger partial charge in [0, 0.05) is 12.1 Å². The topological polar surface area (TPSA) is 82.2 Å². The highest BCUT2D eigenvalue weighted by Gasteiger charge is 2.16. The Labute approximate surface area is 112 Å². The van der Waals surface area contributed by atoms with Gasteiger partial charge in [0.15, 0.2) is 0 Å². The first kappa shape index (κ1) is 14.9. The van der Waals surface area contributed by atoms with Crippen molar-refractivity contribution in [2.75, 3.05) is 26.0 Å². The summed E-state index contributed by atoms with van der Waals surface area (Å²) in [5.74, 6) is 0. The zero-order valence-electron chi connectivity index (χ0n) is 11.4.